The van der Waals surface area contributed by atoms with Gasteiger partial charge in [-0.05, 0) is 49.6 Å². The zero-order chi connectivity index (χ0) is 23.5. The van der Waals surface area contributed by atoms with Gasteiger partial charge in [0.25, 0.3) is 0 Å². The van der Waals surface area contributed by atoms with Crippen LogP contribution in [0.3, 0.4) is 0 Å². The van der Waals surface area contributed by atoms with Crippen molar-refractivity contribution in [1.29, 1.82) is 0 Å². The summed E-state index contributed by atoms with van der Waals surface area (Å²) >= 11 is 1.30. The van der Waals surface area contributed by atoms with Crippen LogP contribution in [0.4, 0.5) is 14.5 Å². The van der Waals surface area contributed by atoms with E-state index >= 15 is 0 Å². The van der Waals surface area contributed by atoms with Gasteiger partial charge in [-0.2, -0.15) is 0 Å². The number of nitrogens with zero attached hydrogens (tertiary/aromatic N) is 2. The van der Waals surface area contributed by atoms with Gasteiger partial charge in [0.2, 0.25) is 5.91 Å². The Bertz CT molecular complexity index is 1190. The number of carbonyl (C=O) groups is 2. The topological polar surface area (TPSA) is 71.0 Å². The number of allylic oxidation sites excluding steroid dienone is 1. The van der Waals surface area contributed by atoms with Gasteiger partial charge in [0, 0.05) is 16.9 Å². The van der Waals surface area contributed by atoms with Gasteiger partial charge in [-0.1, -0.05) is 30.0 Å². The summed E-state index contributed by atoms with van der Waals surface area (Å²) in [6.45, 7) is 3.54. The standard InChI is InChI=1S/C24H21F2N3O3S/c1-3-32-23(31)21-14(2)27-24-29(22(21)18-6-4-5-7-19(18)26)17(13-33-24)12-20(30)28-16-10-8-15(25)9-11-16/h4-11,13,22H,3,12H2,1-2H3,(H,28,30). The van der Waals surface area contributed by atoms with Gasteiger partial charge < -0.3 is 15.0 Å². The first-order valence-corrected chi connectivity index (χ1v) is 11.2. The SMILES string of the molecule is CCOC(=O)C1=C(C)N=C2SC=C(CC(=O)Nc3ccc(F)cc3)N2C1c1ccccc1F. The minimum absolute atomic E-state index is 0.0521. The number of nitrogens with one attached hydrogen (secondary N) is 1. The van der Waals surface area contributed by atoms with E-state index in [9.17, 15) is 18.4 Å². The summed E-state index contributed by atoms with van der Waals surface area (Å²) in [6.07, 6.45) is -0.0521. The molecule has 33 heavy (non-hydrogen) atoms. The molecule has 0 bridgehead atoms. The molecule has 2 aliphatic heterocycles. The van der Waals surface area contributed by atoms with Crippen LogP contribution in [0.2, 0.25) is 0 Å². The average Bonchev–Trinajstić information content (AvgIpc) is 3.17. The molecule has 2 aromatic carbocycles. The minimum atomic E-state index is -0.836. The normalized spacial score (nSPS) is 17.3. The lowest BCUT2D eigenvalue weighted by molar-refractivity contribution is -0.139. The van der Waals surface area contributed by atoms with Crippen LogP contribution in [-0.2, 0) is 14.3 Å². The van der Waals surface area contributed by atoms with Gasteiger partial charge in [-0.25, -0.2) is 18.6 Å². The van der Waals surface area contributed by atoms with Crippen molar-refractivity contribution in [3.63, 3.8) is 0 Å². The molecule has 2 heterocycles. The van der Waals surface area contributed by atoms with Crippen molar-refractivity contribution in [3.8, 4) is 0 Å². The summed E-state index contributed by atoms with van der Waals surface area (Å²) in [4.78, 5) is 31.8. The average molecular weight is 470 g/mol. The number of hydrogen-bond acceptors (Lipinski definition) is 6. The molecule has 170 valence electrons. The Hall–Kier alpha value is -3.46. The Labute approximate surface area is 194 Å². The lowest BCUT2D eigenvalue weighted by Gasteiger charge is -2.36. The number of rotatable bonds is 6. The lowest BCUT2D eigenvalue weighted by atomic mass is 9.93. The molecule has 1 atom stereocenters. The van der Waals surface area contributed by atoms with Crippen molar-refractivity contribution in [1.82, 2.24) is 4.90 Å². The minimum Gasteiger partial charge on any atom is -0.463 e. The van der Waals surface area contributed by atoms with Crippen molar-refractivity contribution in [3.05, 3.63) is 88.1 Å². The number of hydrogen-bond donors (Lipinski definition) is 1. The van der Waals surface area contributed by atoms with Crippen LogP contribution in [0.5, 0.6) is 0 Å². The molecule has 0 saturated heterocycles. The highest BCUT2D eigenvalue weighted by Gasteiger charge is 2.42. The Morgan fingerprint density at radius 1 is 1.15 bits per heavy atom. The van der Waals surface area contributed by atoms with E-state index in [0.717, 1.165) is 0 Å². The maximum Gasteiger partial charge on any atom is 0.338 e. The molecule has 9 heteroatoms. The summed E-state index contributed by atoms with van der Waals surface area (Å²) in [5.74, 6) is -1.81. The number of amides is 1. The highest BCUT2D eigenvalue weighted by molar-refractivity contribution is 8.16. The smallest absolute Gasteiger partial charge is 0.338 e. The van der Waals surface area contributed by atoms with E-state index in [1.54, 1.807) is 42.4 Å². The quantitative estimate of drug-likeness (QED) is 0.594. The van der Waals surface area contributed by atoms with Gasteiger partial charge in [0.15, 0.2) is 5.17 Å². The van der Waals surface area contributed by atoms with E-state index in [2.05, 4.69) is 10.3 Å². The molecule has 1 N–H and O–H groups in total. The van der Waals surface area contributed by atoms with Crippen LogP contribution in [0, 0.1) is 11.6 Å². The van der Waals surface area contributed by atoms with Crippen LogP contribution in [0.25, 0.3) is 0 Å². The fraction of sp³-hybridized carbons (Fsp3) is 0.208. The van der Waals surface area contributed by atoms with Crippen molar-refractivity contribution < 1.29 is 23.1 Å². The third-order valence-corrected chi connectivity index (χ3v) is 6.05. The summed E-state index contributed by atoms with van der Waals surface area (Å²) in [7, 11) is 0. The van der Waals surface area contributed by atoms with Gasteiger partial charge in [0.1, 0.15) is 11.6 Å². The number of amidine groups is 1. The molecular weight excluding hydrogens is 448 g/mol. The zero-order valence-corrected chi connectivity index (χ0v) is 18.8. The van der Waals surface area contributed by atoms with E-state index in [1.165, 1.54) is 42.1 Å². The first kappa shape index (κ1) is 22.7. The van der Waals surface area contributed by atoms with E-state index in [4.69, 9.17) is 4.74 Å². The number of esters is 1. The largest absolute Gasteiger partial charge is 0.463 e. The fourth-order valence-corrected chi connectivity index (χ4v) is 4.70. The molecule has 0 fully saturated rings. The van der Waals surface area contributed by atoms with Gasteiger partial charge >= 0.3 is 5.97 Å². The van der Waals surface area contributed by atoms with Gasteiger partial charge in [-0.15, -0.1) is 0 Å². The number of ether oxygens (including phenoxy) is 1. The van der Waals surface area contributed by atoms with Crippen LogP contribution in [0.15, 0.2) is 75.9 Å². The van der Waals surface area contributed by atoms with Crippen molar-refractivity contribution >= 4 is 34.5 Å². The Morgan fingerprint density at radius 2 is 1.88 bits per heavy atom. The van der Waals surface area contributed by atoms with Gasteiger partial charge in [-0.3, -0.25) is 4.79 Å². The molecule has 0 aromatic heterocycles. The van der Waals surface area contributed by atoms with Crippen molar-refractivity contribution in [2.75, 3.05) is 11.9 Å². The maximum absolute atomic E-state index is 14.9. The Balaban J connectivity index is 1.67. The number of halogens is 2. The fourth-order valence-electron chi connectivity index (χ4n) is 3.73. The molecule has 1 amide bonds. The summed E-state index contributed by atoms with van der Waals surface area (Å²) in [6, 6.07) is 10.8. The van der Waals surface area contributed by atoms with Gasteiger partial charge in [0.05, 0.1) is 30.3 Å². The zero-order valence-electron chi connectivity index (χ0n) is 18.0. The second-order valence-corrected chi connectivity index (χ2v) is 8.20. The van der Waals surface area contributed by atoms with Crippen molar-refractivity contribution in [2.24, 2.45) is 4.99 Å². The third-order valence-electron chi connectivity index (χ3n) is 5.17. The number of aliphatic imine (C=N–C) groups is 1. The number of fused-ring (bicyclic) bond motifs is 1. The van der Waals surface area contributed by atoms with E-state index in [1.807, 2.05) is 0 Å². The molecular formula is C24H21F2N3O3S. The van der Waals surface area contributed by atoms with E-state index in [-0.39, 0.29) is 30.1 Å². The number of anilines is 1. The molecule has 1 unspecified atom stereocenters. The molecule has 0 radical (unpaired) electrons. The van der Waals surface area contributed by atoms with E-state index in [0.29, 0.717) is 22.2 Å². The lowest BCUT2D eigenvalue weighted by Crippen LogP contribution is -2.38. The number of thioether (sulfide) groups is 1. The molecule has 0 aliphatic carbocycles. The van der Waals surface area contributed by atoms with E-state index < -0.39 is 23.6 Å². The molecule has 4 rings (SSSR count). The summed E-state index contributed by atoms with van der Waals surface area (Å²) in [5.41, 5.74) is 1.94. The Morgan fingerprint density at radius 3 is 2.58 bits per heavy atom. The first-order valence-electron chi connectivity index (χ1n) is 10.3. The molecule has 0 spiro atoms. The second-order valence-electron chi connectivity index (χ2n) is 7.37. The number of carbonyl (C=O) groups excluding carboxylic acids is 2. The Kier molecular flexibility index (Phi) is 6.60. The predicted octanol–water partition coefficient (Wildman–Crippen LogP) is 5.13. The predicted molar refractivity (Wildman–Crippen MR) is 123 cm³/mol. The van der Waals surface area contributed by atoms with Crippen LogP contribution in [0.1, 0.15) is 31.9 Å². The first-order chi connectivity index (χ1) is 15.9. The van der Waals surface area contributed by atoms with Crippen LogP contribution < -0.4 is 5.32 Å². The van der Waals surface area contributed by atoms with Crippen LogP contribution >= 0.6 is 11.8 Å². The third kappa shape index (κ3) is 4.68. The van der Waals surface area contributed by atoms with Crippen molar-refractivity contribution in [2.45, 2.75) is 26.3 Å². The molecule has 2 aliphatic rings. The molecule has 0 saturated carbocycles. The summed E-state index contributed by atoms with van der Waals surface area (Å²) < 4.78 is 33.3. The molecule has 2 aromatic rings. The highest BCUT2D eigenvalue weighted by atomic mass is 32.2. The van der Waals surface area contributed by atoms with Crippen LogP contribution in [-0.4, -0.2) is 28.6 Å². The second kappa shape index (κ2) is 9.58. The highest BCUT2D eigenvalue weighted by Crippen LogP contribution is 2.45. The molecule has 6 nitrogen and oxygen atoms in total. The monoisotopic (exact) mass is 469 g/mol. The summed E-state index contributed by atoms with van der Waals surface area (Å²) in [5, 5.41) is 5.02. The number of benzene rings is 2. The maximum atomic E-state index is 14.9.